The smallest absolute Gasteiger partial charge is 0.285 e. The van der Waals surface area contributed by atoms with Gasteiger partial charge in [0.05, 0.1) is 17.7 Å². The number of hydrogen-bond acceptors (Lipinski definition) is 5. The zero-order valence-electron chi connectivity index (χ0n) is 16.2. The predicted molar refractivity (Wildman–Crippen MR) is 104 cm³/mol. The van der Waals surface area contributed by atoms with Crippen molar-refractivity contribution in [3.8, 4) is 0 Å². The lowest BCUT2D eigenvalue weighted by Gasteiger charge is -2.19. The molecule has 1 heterocycles. The number of carbonyl (C=O) groups excluding carboxylic acids is 2. The Bertz CT molecular complexity index is 973. The lowest BCUT2D eigenvalue weighted by molar-refractivity contribution is -0.385. The molecule has 0 atom stereocenters. The second kappa shape index (κ2) is 8.47. The van der Waals surface area contributed by atoms with Crippen molar-refractivity contribution in [1.29, 1.82) is 0 Å². The van der Waals surface area contributed by atoms with Gasteiger partial charge in [-0.3, -0.25) is 29.1 Å². The number of aromatic nitrogens is 1. The molecule has 0 saturated heterocycles. The standard InChI is InChI=1S/C19H22N4O5/c1-12-7-13(2)19(14(3)8-12)20-16(24)10-21(4)18(26)11-22-9-15(23(27)28)5-6-17(22)25/h5-9H,10-11H2,1-4H3,(H,20,24). The zero-order chi connectivity index (χ0) is 21.0. The second-order valence-electron chi connectivity index (χ2n) is 6.68. The topological polar surface area (TPSA) is 115 Å². The number of hydrogen-bond donors (Lipinski definition) is 1. The van der Waals surface area contributed by atoms with E-state index in [0.717, 1.165) is 39.6 Å². The third kappa shape index (κ3) is 5.03. The molecular formula is C19H22N4O5. The van der Waals surface area contributed by atoms with E-state index in [2.05, 4.69) is 5.32 Å². The molecule has 2 rings (SSSR count). The van der Waals surface area contributed by atoms with Crippen LogP contribution in [0.2, 0.25) is 0 Å². The number of benzene rings is 1. The van der Waals surface area contributed by atoms with Gasteiger partial charge in [-0.2, -0.15) is 0 Å². The Kier molecular flexibility index (Phi) is 6.29. The molecule has 2 aromatic rings. The van der Waals surface area contributed by atoms with Gasteiger partial charge < -0.3 is 10.2 Å². The molecule has 0 aliphatic carbocycles. The molecule has 9 heteroatoms. The average molecular weight is 386 g/mol. The Morgan fingerprint density at radius 2 is 1.79 bits per heavy atom. The molecule has 1 aromatic heterocycles. The molecule has 0 aliphatic heterocycles. The summed E-state index contributed by atoms with van der Waals surface area (Å²) in [6.45, 7) is 5.13. The highest BCUT2D eigenvalue weighted by atomic mass is 16.6. The first-order valence-corrected chi connectivity index (χ1v) is 8.55. The van der Waals surface area contributed by atoms with Crippen LogP contribution in [0.1, 0.15) is 16.7 Å². The van der Waals surface area contributed by atoms with Crippen LogP contribution in [-0.2, 0) is 16.1 Å². The minimum absolute atomic E-state index is 0.213. The van der Waals surface area contributed by atoms with Gasteiger partial charge >= 0.3 is 0 Å². The molecule has 2 amide bonds. The Morgan fingerprint density at radius 1 is 1.18 bits per heavy atom. The molecule has 28 heavy (non-hydrogen) atoms. The Balaban J connectivity index is 2.05. The fourth-order valence-corrected chi connectivity index (χ4v) is 2.88. The number of nitrogens with one attached hydrogen (secondary N) is 1. The van der Waals surface area contributed by atoms with E-state index in [1.165, 1.54) is 11.9 Å². The first-order chi connectivity index (χ1) is 13.1. The SMILES string of the molecule is Cc1cc(C)c(NC(=O)CN(C)C(=O)Cn2cc([N+](=O)[O-])ccc2=O)c(C)c1. The van der Waals surface area contributed by atoms with Crippen LogP contribution in [0.25, 0.3) is 0 Å². The number of aryl methyl sites for hydroxylation is 3. The summed E-state index contributed by atoms with van der Waals surface area (Å²) in [5.41, 5.74) is 2.79. The maximum Gasteiger partial charge on any atom is 0.285 e. The van der Waals surface area contributed by atoms with Crippen molar-refractivity contribution in [3.63, 3.8) is 0 Å². The van der Waals surface area contributed by atoms with E-state index in [9.17, 15) is 24.5 Å². The van der Waals surface area contributed by atoms with Gasteiger partial charge in [0.2, 0.25) is 11.8 Å². The lowest BCUT2D eigenvalue weighted by Crippen LogP contribution is -2.38. The van der Waals surface area contributed by atoms with E-state index in [4.69, 9.17) is 0 Å². The molecule has 0 aliphatic rings. The predicted octanol–water partition coefficient (Wildman–Crippen LogP) is 1.78. The van der Waals surface area contributed by atoms with Crippen LogP contribution in [0.4, 0.5) is 11.4 Å². The van der Waals surface area contributed by atoms with Crippen LogP contribution >= 0.6 is 0 Å². The zero-order valence-corrected chi connectivity index (χ0v) is 16.2. The molecule has 1 aromatic carbocycles. The Hall–Kier alpha value is -3.49. The fourth-order valence-electron chi connectivity index (χ4n) is 2.88. The van der Waals surface area contributed by atoms with Gasteiger partial charge in [-0.15, -0.1) is 0 Å². The molecule has 0 saturated carbocycles. The van der Waals surface area contributed by atoms with Crippen molar-refractivity contribution in [2.75, 3.05) is 18.9 Å². The van der Waals surface area contributed by atoms with Crippen molar-refractivity contribution in [1.82, 2.24) is 9.47 Å². The van der Waals surface area contributed by atoms with Crippen molar-refractivity contribution in [2.24, 2.45) is 0 Å². The number of nitrogens with zero attached hydrogens (tertiary/aromatic N) is 3. The minimum atomic E-state index is -0.649. The number of pyridine rings is 1. The van der Waals surface area contributed by atoms with Crippen molar-refractivity contribution in [2.45, 2.75) is 27.3 Å². The van der Waals surface area contributed by atoms with Gasteiger partial charge in [-0.1, -0.05) is 17.7 Å². The Morgan fingerprint density at radius 3 is 2.36 bits per heavy atom. The Labute approximate surface area is 161 Å². The molecule has 148 valence electrons. The molecule has 0 radical (unpaired) electrons. The highest BCUT2D eigenvalue weighted by molar-refractivity contribution is 5.95. The first kappa shape index (κ1) is 20.8. The summed E-state index contributed by atoms with van der Waals surface area (Å²) in [7, 11) is 1.43. The second-order valence-corrected chi connectivity index (χ2v) is 6.68. The lowest BCUT2D eigenvalue weighted by atomic mass is 10.1. The molecule has 9 nitrogen and oxygen atoms in total. The number of nitro groups is 1. The van der Waals surface area contributed by atoms with E-state index in [1.54, 1.807) is 0 Å². The van der Waals surface area contributed by atoms with Gasteiger partial charge in [0.15, 0.2) is 0 Å². The summed E-state index contributed by atoms with van der Waals surface area (Å²) in [6.07, 6.45) is 1.01. The van der Waals surface area contributed by atoms with Crippen LogP contribution in [-0.4, -0.2) is 39.8 Å². The number of rotatable bonds is 6. The molecule has 1 N–H and O–H groups in total. The fraction of sp³-hybridized carbons (Fsp3) is 0.316. The third-order valence-corrected chi connectivity index (χ3v) is 4.23. The largest absolute Gasteiger partial charge is 0.335 e. The third-order valence-electron chi connectivity index (χ3n) is 4.23. The normalized spacial score (nSPS) is 10.4. The number of carbonyl (C=O) groups is 2. The first-order valence-electron chi connectivity index (χ1n) is 8.55. The summed E-state index contributed by atoms with van der Waals surface area (Å²) in [6, 6.07) is 6.01. The van der Waals surface area contributed by atoms with Gasteiger partial charge in [0.25, 0.3) is 11.2 Å². The van der Waals surface area contributed by atoms with E-state index in [1.807, 2.05) is 32.9 Å². The van der Waals surface area contributed by atoms with Gasteiger partial charge in [-0.25, -0.2) is 0 Å². The van der Waals surface area contributed by atoms with Gasteiger partial charge in [0, 0.05) is 24.9 Å². The van der Waals surface area contributed by atoms with E-state index in [0.29, 0.717) is 5.69 Å². The molecule has 0 unspecified atom stereocenters. The van der Waals surface area contributed by atoms with E-state index >= 15 is 0 Å². The number of likely N-dealkylation sites (N-methyl/N-ethyl adjacent to an activating group) is 1. The van der Waals surface area contributed by atoms with Crippen LogP contribution in [0.5, 0.6) is 0 Å². The monoisotopic (exact) mass is 386 g/mol. The molecular weight excluding hydrogens is 364 g/mol. The van der Waals surface area contributed by atoms with Crippen LogP contribution in [0.3, 0.4) is 0 Å². The van der Waals surface area contributed by atoms with Crippen molar-refractivity contribution >= 4 is 23.2 Å². The molecule has 0 bridgehead atoms. The number of anilines is 1. The molecule has 0 spiro atoms. The van der Waals surface area contributed by atoms with Crippen molar-refractivity contribution in [3.05, 3.63) is 67.6 Å². The summed E-state index contributed by atoms with van der Waals surface area (Å²) < 4.78 is 0.948. The highest BCUT2D eigenvalue weighted by Crippen LogP contribution is 2.21. The minimum Gasteiger partial charge on any atom is -0.335 e. The molecule has 0 fully saturated rings. The van der Waals surface area contributed by atoms with Crippen molar-refractivity contribution < 1.29 is 14.5 Å². The average Bonchev–Trinajstić information content (AvgIpc) is 2.59. The van der Waals surface area contributed by atoms with Crippen LogP contribution in [0, 0.1) is 30.9 Å². The van der Waals surface area contributed by atoms with Gasteiger partial charge in [0.1, 0.15) is 6.54 Å². The van der Waals surface area contributed by atoms with E-state index < -0.39 is 22.9 Å². The van der Waals surface area contributed by atoms with Crippen LogP contribution in [0.15, 0.2) is 35.3 Å². The summed E-state index contributed by atoms with van der Waals surface area (Å²) in [5, 5.41) is 13.6. The summed E-state index contributed by atoms with van der Waals surface area (Å²) in [4.78, 5) is 47.8. The summed E-state index contributed by atoms with van der Waals surface area (Å²) >= 11 is 0. The summed E-state index contributed by atoms with van der Waals surface area (Å²) in [5.74, 6) is -0.896. The number of amides is 2. The van der Waals surface area contributed by atoms with E-state index in [-0.39, 0.29) is 18.1 Å². The highest BCUT2D eigenvalue weighted by Gasteiger charge is 2.17. The maximum atomic E-state index is 12.3. The quantitative estimate of drug-likeness (QED) is 0.600. The van der Waals surface area contributed by atoms with Gasteiger partial charge in [-0.05, 0) is 31.9 Å². The maximum absolute atomic E-state index is 12.3. The van der Waals surface area contributed by atoms with Crippen LogP contribution < -0.4 is 10.9 Å².